The maximum absolute atomic E-state index is 12.3. The van der Waals surface area contributed by atoms with E-state index < -0.39 is 12.1 Å². The van der Waals surface area contributed by atoms with Crippen molar-refractivity contribution in [3.63, 3.8) is 0 Å². The number of hydrogen-bond donors (Lipinski definition) is 3. The topological polar surface area (TPSA) is 100 Å². The Bertz CT molecular complexity index is 598. The van der Waals surface area contributed by atoms with Crippen LogP contribution in [0.5, 0.6) is 0 Å². The predicted molar refractivity (Wildman–Crippen MR) is 89.4 cm³/mol. The standard InChI is InChI=1S/C15H20ClN3O5/c1-23-9-14(21)17-10-2-3-12(16)13(6-10)18-15(22)19-4-5-24-8-11(20)7-19/h2-3,6,11,20H,4-5,7-9H2,1H3,(H,17,21)(H,18,22)/t11-/m1/s1. The molecule has 1 aliphatic rings. The smallest absolute Gasteiger partial charge is 0.322 e. The third-order valence-corrected chi connectivity index (χ3v) is 3.63. The number of rotatable bonds is 4. The van der Waals surface area contributed by atoms with Gasteiger partial charge in [-0.05, 0) is 18.2 Å². The molecule has 132 valence electrons. The van der Waals surface area contributed by atoms with E-state index in [1.165, 1.54) is 12.0 Å². The molecule has 24 heavy (non-hydrogen) atoms. The van der Waals surface area contributed by atoms with Gasteiger partial charge in [0.1, 0.15) is 6.61 Å². The summed E-state index contributed by atoms with van der Waals surface area (Å²) >= 11 is 6.09. The highest BCUT2D eigenvalue weighted by Gasteiger charge is 2.21. The number of aliphatic hydroxyl groups excluding tert-OH is 1. The van der Waals surface area contributed by atoms with E-state index in [4.69, 9.17) is 21.1 Å². The van der Waals surface area contributed by atoms with Crippen LogP contribution in [0.4, 0.5) is 16.2 Å². The van der Waals surface area contributed by atoms with E-state index in [1.807, 2.05) is 0 Å². The average Bonchev–Trinajstić information content (AvgIpc) is 2.75. The van der Waals surface area contributed by atoms with Crippen molar-refractivity contribution >= 4 is 34.9 Å². The summed E-state index contributed by atoms with van der Waals surface area (Å²) in [6.45, 7) is 1.02. The highest BCUT2D eigenvalue weighted by atomic mass is 35.5. The van der Waals surface area contributed by atoms with Gasteiger partial charge in [0.2, 0.25) is 5.91 Å². The minimum Gasteiger partial charge on any atom is -0.389 e. The van der Waals surface area contributed by atoms with Crippen LogP contribution in [-0.2, 0) is 14.3 Å². The van der Waals surface area contributed by atoms with Crippen molar-refractivity contribution in [2.24, 2.45) is 0 Å². The number of nitrogens with zero attached hydrogens (tertiary/aromatic N) is 1. The monoisotopic (exact) mass is 357 g/mol. The summed E-state index contributed by atoms with van der Waals surface area (Å²) in [6.07, 6.45) is -0.728. The third kappa shape index (κ3) is 5.34. The lowest BCUT2D eigenvalue weighted by molar-refractivity contribution is -0.119. The lowest BCUT2D eigenvalue weighted by Crippen LogP contribution is -2.40. The molecule has 0 aromatic heterocycles. The molecule has 1 aromatic carbocycles. The minimum atomic E-state index is -0.728. The van der Waals surface area contributed by atoms with Crippen LogP contribution in [0.3, 0.4) is 0 Å². The minimum absolute atomic E-state index is 0.0734. The van der Waals surface area contributed by atoms with Crippen molar-refractivity contribution in [3.8, 4) is 0 Å². The van der Waals surface area contributed by atoms with E-state index in [0.29, 0.717) is 29.5 Å². The Hall–Kier alpha value is -1.87. The average molecular weight is 358 g/mol. The summed E-state index contributed by atoms with van der Waals surface area (Å²) in [7, 11) is 1.42. The van der Waals surface area contributed by atoms with Gasteiger partial charge in [0.15, 0.2) is 0 Å². The molecule has 1 fully saturated rings. The van der Waals surface area contributed by atoms with Gasteiger partial charge in [0, 0.05) is 19.3 Å². The van der Waals surface area contributed by atoms with E-state index >= 15 is 0 Å². The summed E-state index contributed by atoms with van der Waals surface area (Å²) < 4.78 is 9.94. The van der Waals surface area contributed by atoms with Crippen LogP contribution in [-0.4, -0.2) is 68.1 Å². The van der Waals surface area contributed by atoms with Crippen molar-refractivity contribution in [1.29, 1.82) is 0 Å². The van der Waals surface area contributed by atoms with Crippen LogP contribution in [0.25, 0.3) is 0 Å². The highest BCUT2D eigenvalue weighted by molar-refractivity contribution is 6.33. The number of nitrogens with one attached hydrogen (secondary N) is 2. The lowest BCUT2D eigenvalue weighted by Gasteiger charge is -2.22. The van der Waals surface area contributed by atoms with Gasteiger partial charge >= 0.3 is 6.03 Å². The Morgan fingerprint density at radius 1 is 1.46 bits per heavy atom. The van der Waals surface area contributed by atoms with Gasteiger partial charge in [-0.2, -0.15) is 0 Å². The first-order chi connectivity index (χ1) is 11.5. The van der Waals surface area contributed by atoms with Crippen molar-refractivity contribution in [3.05, 3.63) is 23.2 Å². The first kappa shape index (κ1) is 18.5. The molecule has 0 saturated carbocycles. The summed E-state index contributed by atoms with van der Waals surface area (Å²) in [5.41, 5.74) is 0.840. The number of ether oxygens (including phenoxy) is 2. The van der Waals surface area contributed by atoms with Crippen LogP contribution >= 0.6 is 11.6 Å². The van der Waals surface area contributed by atoms with Gasteiger partial charge in [-0.1, -0.05) is 11.6 Å². The van der Waals surface area contributed by atoms with E-state index in [-0.39, 0.29) is 25.7 Å². The molecule has 9 heteroatoms. The van der Waals surface area contributed by atoms with Gasteiger partial charge in [-0.25, -0.2) is 4.79 Å². The summed E-state index contributed by atoms with van der Waals surface area (Å²) in [4.78, 5) is 25.3. The fraction of sp³-hybridized carbons (Fsp3) is 0.467. The number of anilines is 2. The second kappa shape index (κ2) is 8.84. The van der Waals surface area contributed by atoms with E-state index in [0.717, 1.165) is 0 Å². The molecule has 0 bridgehead atoms. The molecule has 0 unspecified atom stereocenters. The summed E-state index contributed by atoms with van der Waals surface area (Å²) in [6, 6.07) is 4.34. The number of hydrogen-bond acceptors (Lipinski definition) is 5. The maximum atomic E-state index is 12.3. The zero-order valence-electron chi connectivity index (χ0n) is 13.3. The Kier molecular flexibility index (Phi) is 6.80. The molecule has 1 heterocycles. The molecule has 1 atom stereocenters. The number of carbonyl (C=O) groups excluding carboxylic acids is 2. The number of amides is 3. The molecule has 1 aromatic rings. The van der Waals surface area contributed by atoms with Gasteiger partial charge in [0.05, 0.1) is 36.6 Å². The quantitative estimate of drug-likeness (QED) is 0.750. The SMILES string of the molecule is COCC(=O)Nc1ccc(Cl)c(NC(=O)N2CCOC[C@H](O)C2)c1. The Morgan fingerprint density at radius 3 is 3.00 bits per heavy atom. The zero-order chi connectivity index (χ0) is 17.5. The Labute approximate surface area is 144 Å². The van der Waals surface area contributed by atoms with Crippen LogP contribution in [0, 0.1) is 0 Å². The van der Waals surface area contributed by atoms with Crippen molar-refractivity contribution in [2.45, 2.75) is 6.10 Å². The number of carbonyl (C=O) groups is 2. The molecule has 3 amide bonds. The molecular formula is C15H20ClN3O5. The second-order valence-electron chi connectivity index (χ2n) is 5.28. The molecule has 0 radical (unpaired) electrons. The van der Waals surface area contributed by atoms with E-state index in [9.17, 15) is 14.7 Å². The normalized spacial score (nSPS) is 18.0. The largest absolute Gasteiger partial charge is 0.389 e. The molecule has 3 N–H and O–H groups in total. The Morgan fingerprint density at radius 2 is 2.25 bits per heavy atom. The number of halogens is 1. The van der Waals surface area contributed by atoms with Gasteiger partial charge < -0.3 is 30.1 Å². The molecule has 1 aliphatic heterocycles. The number of β-amino-alcohol motifs (C(OH)–C–C–N with tert-alkyl or cyclic N) is 1. The second-order valence-corrected chi connectivity index (χ2v) is 5.69. The molecule has 8 nitrogen and oxygen atoms in total. The number of urea groups is 1. The molecule has 2 rings (SSSR count). The van der Waals surface area contributed by atoms with Gasteiger partial charge in [0.25, 0.3) is 0 Å². The van der Waals surface area contributed by atoms with Crippen LogP contribution < -0.4 is 10.6 Å². The fourth-order valence-electron chi connectivity index (χ4n) is 2.20. The molecule has 0 spiro atoms. The maximum Gasteiger partial charge on any atom is 0.322 e. The molecule has 0 aliphatic carbocycles. The number of methoxy groups -OCH3 is 1. The molecular weight excluding hydrogens is 338 g/mol. The number of aliphatic hydroxyl groups is 1. The first-order valence-corrected chi connectivity index (χ1v) is 7.77. The van der Waals surface area contributed by atoms with E-state index in [1.54, 1.807) is 18.2 Å². The zero-order valence-corrected chi connectivity index (χ0v) is 14.0. The number of benzene rings is 1. The van der Waals surface area contributed by atoms with Crippen LogP contribution in [0.15, 0.2) is 18.2 Å². The van der Waals surface area contributed by atoms with Crippen LogP contribution in [0.1, 0.15) is 0 Å². The molecule has 1 saturated heterocycles. The first-order valence-electron chi connectivity index (χ1n) is 7.39. The summed E-state index contributed by atoms with van der Waals surface area (Å²) in [5.74, 6) is -0.315. The summed E-state index contributed by atoms with van der Waals surface area (Å²) in [5, 5.41) is 15.3. The third-order valence-electron chi connectivity index (χ3n) is 3.30. The predicted octanol–water partition coefficient (Wildman–Crippen LogP) is 1.15. The van der Waals surface area contributed by atoms with Gasteiger partial charge in [-0.15, -0.1) is 0 Å². The Balaban J connectivity index is 2.04. The van der Waals surface area contributed by atoms with E-state index in [2.05, 4.69) is 10.6 Å². The highest BCUT2D eigenvalue weighted by Crippen LogP contribution is 2.26. The van der Waals surface area contributed by atoms with Crippen molar-refractivity contribution < 1.29 is 24.2 Å². The van der Waals surface area contributed by atoms with Gasteiger partial charge in [-0.3, -0.25) is 4.79 Å². The fourth-order valence-corrected chi connectivity index (χ4v) is 2.36. The van der Waals surface area contributed by atoms with Crippen LogP contribution in [0.2, 0.25) is 5.02 Å². The lowest BCUT2D eigenvalue weighted by atomic mass is 10.2. The van der Waals surface area contributed by atoms with Crippen molar-refractivity contribution in [2.75, 3.05) is 50.7 Å². The van der Waals surface area contributed by atoms with Crippen molar-refractivity contribution in [1.82, 2.24) is 4.90 Å².